The van der Waals surface area contributed by atoms with Gasteiger partial charge in [-0.25, -0.2) is 0 Å². The Kier molecular flexibility index (Phi) is 6.19. The SMILES string of the molecule is CCCNc1ccncc1C(=O)NC(CC)CC. The Balaban J connectivity index is 2.77. The zero-order valence-corrected chi connectivity index (χ0v) is 11.5. The maximum absolute atomic E-state index is 12.2. The molecular weight excluding hydrogens is 226 g/mol. The number of carbonyl (C=O) groups is 1. The highest BCUT2D eigenvalue weighted by Crippen LogP contribution is 2.14. The van der Waals surface area contributed by atoms with E-state index >= 15 is 0 Å². The van der Waals surface area contributed by atoms with Crippen molar-refractivity contribution >= 4 is 11.6 Å². The summed E-state index contributed by atoms with van der Waals surface area (Å²) in [6.45, 7) is 7.11. The fourth-order valence-corrected chi connectivity index (χ4v) is 1.75. The van der Waals surface area contributed by atoms with Crippen LogP contribution in [0.5, 0.6) is 0 Å². The highest BCUT2D eigenvalue weighted by Gasteiger charge is 2.14. The minimum absolute atomic E-state index is 0.0459. The molecule has 0 fully saturated rings. The van der Waals surface area contributed by atoms with Gasteiger partial charge in [0.2, 0.25) is 0 Å². The van der Waals surface area contributed by atoms with Crippen LogP contribution in [-0.2, 0) is 0 Å². The molecular formula is C14H23N3O. The van der Waals surface area contributed by atoms with Gasteiger partial charge in [-0.2, -0.15) is 0 Å². The molecule has 1 aromatic heterocycles. The lowest BCUT2D eigenvalue weighted by atomic mass is 10.1. The number of nitrogens with one attached hydrogen (secondary N) is 2. The van der Waals surface area contributed by atoms with Crippen LogP contribution < -0.4 is 10.6 Å². The topological polar surface area (TPSA) is 54.0 Å². The Bertz CT molecular complexity index is 375. The summed E-state index contributed by atoms with van der Waals surface area (Å²) < 4.78 is 0. The van der Waals surface area contributed by atoms with Gasteiger partial charge in [-0.3, -0.25) is 9.78 Å². The Morgan fingerprint density at radius 2 is 2.06 bits per heavy atom. The van der Waals surface area contributed by atoms with E-state index in [2.05, 4.69) is 36.4 Å². The summed E-state index contributed by atoms with van der Waals surface area (Å²) >= 11 is 0. The van der Waals surface area contributed by atoms with Gasteiger partial charge in [0.15, 0.2) is 0 Å². The first-order valence-corrected chi connectivity index (χ1v) is 6.71. The van der Waals surface area contributed by atoms with Gasteiger partial charge in [0.1, 0.15) is 0 Å². The van der Waals surface area contributed by atoms with Crippen LogP contribution in [0.15, 0.2) is 18.5 Å². The average Bonchev–Trinajstić information content (AvgIpc) is 2.42. The quantitative estimate of drug-likeness (QED) is 0.781. The molecule has 1 rings (SSSR count). The molecule has 100 valence electrons. The van der Waals surface area contributed by atoms with Gasteiger partial charge in [0.05, 0.1) is 11.3 Å². The molecule has 0 aliphatic carbocycles. The Labute approximate surface area is 109 Å². The van der Waals surface area contributed by atoms with Crippen LogP contribution in [0.1, 0.15) is 50.4 Å². The fourth-order valence-electron chi connectivity index (χ4n) is 1.75. The minimum atomic E-state index is -0.0459. The second-order valence-electron chi connectivity index (χ2n) is 4.33. The van der Waals surface area contributed by atoms with Crippen molar-refractivity contribution < 1.29 is 4.79 Å². The molecule has 0 aliphatic rings. The maximum Gasteiger partial charge on any atom is 0.255 e. The van der Waals surface area contributed by atoms with Crippen LogP contribution in [0.4, 0.5) is 5.69 Å². The molecule has 2 N–H and O–H groups in total. The number of pyridine rings is 1. The van der Waals surface area contributed by atoms with Gasteiger partial charge >= 0.3 is 0 Å². The lowest BCUT2D eigenvalue weighted by Gasteiger charge is -2.16. The lowest BCUT2D eigenvalue weighted by Crippen LogP contribution is -2.34. The molecule has 0 bridgehead atoms. The van der Waals surface area contributed by atoms with Gasteiger partial charge in [-0.15, -0.1) is 0 Å². The lowest BCUT2D eigenvalue weighted by molar-refractivity contribution is 0.0935. The number of carbonyl (C=O) groups excluding carboxylic acids is 1. The van der Waals surface area contributed by atoms with E-state index in [0.29, 0.717) is 5.56 Å². The third-order valence-corrected chi connectivity index (χ3v) is 2.95. The number of amides is 1. The number of nitrogens with zero attached hydrogens (tertiary/aromatic N) is 1. The summed E-state index contributed by atoms with van der Waals surface area (Å²) in [4.78, 5) is 16.2. The molecule has 0 radical (unpaired) electrons. The number of aromatic nitrogens is 1. The van der Waals surface area contributed by atoms with Crippen LogP contribution in [0.2, 0.25) is 0 Å². The van der Waals surface area contributed by atoms with Crippen molar-refractivity contribution in [3.05, 3.63) is 24.0 Å². The second-order valence-corrected chi connectivity index (χ2v) is 4.33. The van der Waals surface area contributed by atoms with E-state index in [1.54, 1.807) is 12.4 Å². The van der Waals surface area contributed by atoms with E-state index < -0.39 is 0 Å². The van der Waals surface area contributed by atoms with Crippen LogP contribution in [0.25, 0.3) is 0 Å². The summed E-state index contributed by atoms with van der Waals surface area (Å²) in [7, 11) is 0. The van der Waals surface area contributed by atoms with Gasteiger partial charge in [0, 0.05) is 25.0 Å². The van der Waals surface area contributed by atoms with Crippen molar-refractivity contribution in [3.63, 3.8) is 0 Å². The predicted molar refractivity (Wildman–Crippen MR) is 74.9 cm³/mol. The monoisotopic (exact) mass is 249 g/mol. The number of hydrogen-bond donors (Lipinski definition) is 2. The Morgan fingerprint density at radius 1 is 1.33 bits per heavy atom. The molecule has 0 spiro atoms. The largest absolute Gasteiger partial charge is 0.384 e. The highest BCUT2D eigenvalue weighted by atomic mass is 16.1. The fraction of sp³-hybridized carbons (Fsp3) is 0.571. The predicted octanol–water partition coefficient (Wildman–Crippen LogP) is 2.82. The van der Waals surface area contributed by atoms with Crippen molar-refractivity contribution in [2.24, 2.45) is 0 Å². The standard InChI is InChI=1S/C14H23N3O/c1-4-8-16-13-7-9-15-10-12(13)14(18)17-11(5-2)6-3/h7,9-11H,4-6,8H2,1-3H3,(H,15,16)(H,17,18). The maximum atomic E-state index is 12.2. The van der Waals surface area contributed by atoms with Gasteiger partial charge in [-0.05, 0) is 25.3 Å². The molecule has 0 aliphatic heterocycles. The van der Waals surface area contributed by atoms with E-state index in [-0.39, 0.29) is 11.9 Å². The summed E-state index contributed by atoms with van der Waals surface area (Å²) in [5.74, 6) is -0.0459. The van der Waals surface area contributed by atoms with Crippen molar-refractivity contribution in [2.75, 3.05) is 11.9 Å². The van der Waals surface area contributed by atoms with Gasteiger partial charge < -0.3 is 10.6 Å². The minimum Gasteiger partial charge on any atom is -0.384 e. The zero-order chi connectivity index (χ0) is 13.4. The van der Waals surface area contributed by atoms with E-state index in [0.717, 1.165) is 31.5 Å². The molecule has 1 amide bonds. The molecule has 1 aromatic rings. The summed E-state index contributed by atoms with van der Waals surface area (Å²) in [5, 5.41) is 6.28. The van der Waals surface area contributed by atoms with Crippen LogP contribution in [-0.4, -0.2) is 23.5 Å². The number of anilines is 1. The van der Waals surface area contributed by atoms with Gasteiger partial charge in [0.25, 0.3) is 5.91 Å². The number of rotatable bonds is 7. The summed E-state index contributed by atoms with van der Waals surface area (Å²) in [6.07, 6.45) is 6.23. The van der Waals surface area contributed by atoms with Crippen molar-refractivity contribution in [1.82, 2.24) is 10.3 Å². The molecule has 0 unspecified atom stereocenters. The first-order chi connectivity index (χ1) is 8.72. The zero-order valence-electron chi connectivity index (χ0n) is 11.5. The van der Waals surface area contributed by atoms with Gasteiger partial charge in [-0.1, -0.05) is 20.8 Å². The molecule has 0 saturated heterocycles. The van der Waals surface area contributed by atoms with Crippen LogP contribution >= 0.6 is 0 Å². The molecule has 18 heavy (non-hydrogen) atoms. The highest BCUT2D eigenvalue weighted by molar-refractivity contribution is 5.99. The first kappa shape index (κ1) is 14.5. The molecule has 4 heteroatoms. The van der Waals surface area contributed by atoms with E-state index in [1.807, 2.05) is 6.07 Å². The average molecular weight is 249 g/mol. The third kappa shape index (κ3) is 4.02. The molecule has 0 saturated carbocycles. The molecule has 4 nitrogen and oxygen atoms in total. The second kappa shape index (κ2) is 7.69. The molecule has 1 heterocycles. The van der Waals surface area contributed by atoms with Crippen LogP contribution in [0.3, 0.4) is 0 Å². The van der Waals surface area contributed by atoms with E-state index in [4.69, 9.17) is 0 Å². The summed E-state index contributed by atoms with van der Waals surface area (Å²) in [5.41, 5.74) is 1.48. The summed E-state index contributed by atoms with van der Waals surface area (Å²) in [6, 6.07) is 2.08. The first-order valence-electron chi connectivity index (χ1n) is 6.71. The Hall–Kier alpha value is -1.58. The van der Waals surface area contributed by atoms with E-state index in [9.17, 15) is 4.79 Å². The van der Waals surface area contributed by atoms with E-state index in [1.165, 1.54) is 0 Å². The van der Waals surface area contributed by atoms with Crippen molar-refractivity contribution in [3.8, 4) is 0 Å². The Morgan fingerprint density at radius 3 is 2.67 bits per heavy atom. The van der Waals surface area contributed by atoms with Crippen LogP contribution in [0, 0.1) is 0 Å². The van der Waals surface area contributed by atoms with Crippen molar-refractivity contribution in [2.45, 2.75) is 46.1 Å². The molecule has 0 atom stereocenters. The molecule has 0 aromatic carbocycles. The number of hydrogen-bond acceptors (Lipinski definition) is 3. The normalized spacial score (nSPS) is 10.4. The van der Waals surface area contributed by atoms with Crippen molar-refractivity contribution in [1.29, 1.82) is 0 Å². The smallest absolute Gasteiger partial charge is 0.255 e. The third-order valence-electron chi connectivity index (χ3n) is 2.95.